The van der Waals surface area contributed by atoms with E-state index in [2.05, 4.69) is 29.3 Å². The van der Waals surface area contributed by atoms with Gasteiger partial charge in [0.05, 0.1) is 14.2 Å². The van der Waals surface area contributed by atoms with Gasteiger partial charge >= 0.3 is 0 Å². The number of hydrogen-bond donors (Lipinski definition) is 1. The Balaban J connectivity index is 1.99. The molecule has 1 atom stereocenters. The Morgan fingerprint density at radius 2 is 1.90 bits per heavy atom. The maximum atomic E-state index is 5.35. The van der Waals surface area contributed by atoms with Crippen LogP contribution < -0.4 is 14.8 Å². The van der Waals surface area contributed by atoms with Gasteiger partial charge in [-0.1, -0.05) is 6.92 Å². The van der Waals surface area contributed by atoms with Gasteiger partial charge in [0.15, 0.2) is 0 Å². The van der Waals surface area contributed by atoms with Crippen molar-refractivity contribution in [3.63, 3.8) is 0 Å². The van der Waals surface area contributed by atoms with Crippen LogP contribution in [-0.4, -0.2) is 45.3 Å². The van der Waals surface area contributed by atoms with Crippen molar-refractivity contribution in [2.75, 3.05) is 40.4 Å². The van der Waals surface area contributed by atoms with Crippen LogP contribution in [0.15, 0.2) is 18.2 Å². The molecule has 1 fully saturated rings. The van der Waals surface area contributed by atoms with Crippen molar-refractivity contribution in [1.29, 1.82) is 0 Å². The summed E-state index contributed by atoms with van der Waals surface area (Å²) in [6.07, 6.45) is 2.64. The third-order valence-corrected chi connectivity index (χ3v) is 4.18. The number of benzene rings is 1. The molecule has 4 heteroatoms. The minimum atomic E-state index is 0.770. The van der Waals surface area contributed by atoms with Gasteiger partial charge in [0, 0.05) is 19.2 Å². The fraction of sp³-hybridized carbons (Fsp3) is 0.647. The van der Waals surface area contributed by atoms with Crippen LogP contribution in [0.3, 0.4) is 0 Å². The first-order chi connectivity index (χ1) is 10.2. The summed E-state index contributed by atoms with van der Waals surface area (Å²) in [7, 11) is 3.40. The SMILES string of the molecule is CCN(Cc1cc(OC)cc(OC)c1)CC1CCCNC1. The number of methoxy groups -OCH3 is 2. The predicted molar refractivity (Wildman–Crippen MR) is 86.1 cm³/mol. The predicted octanol–water partition coefficient (Wildman–Crippen LogP) is 2.53. The molecule has 4 nitrogen and oxygen atoms in total. The molecule has 118 valence electrons. The van der Waals surface area contributed by atoms with E-state index in [4.69, 9.17) is 9.47 Å². The van der Waals surface area contributed by atoms with Crippen LogP contribution in [0.4, 0.5) is 0 Å². The summed E-state index contributed by atoms with van der Waals surface area (Å²) in [5.74, 6) is 2.49. The molecule has 1 aromatic carbocycles. The lowest BCUT2D eigenvalue weighted by Crippen LogP contribution is -2.38. The van der Waals surface area contributed by atoms with E-state index in [0.717, 1.165) is 43.6 Å². The van der Waals surface area contributed by atoms with Crippen molar-refractivity contribution in [2.45, 2.75) is 26.3 Å². The van der Waals surface area contributed by atoms with Crippen LogP contribution in [-0.2, 0) is 6.54 Å². The van der Waals surface area contributed by atoms with E-state index >= 15 is 0 Å². The Morgan fingerprint density at radius 1 is 1.19 bits per heavy atom. The molecule has 1 aromatic rings. The molecule has 0 aromatic heterocycles. The largest absolute Gasteiger partial charge is 0.497 e. The van der Waals surface area contributed by atoms with Crippen LogP contribution in [0.1, 0.15) is 25.3 Å². The van der Waals surface area contributed by atoms with Crippen molar-refractivity contribution < 1.29 is 9.47 Å². The summed E-state index contributed by atoms with van der Waals surface area (Å²) >= 11 is 0. The first-order valence-corrected chi connectivity index (χ1v) is 7.90. The van der Waals surface area contributed by atoms with Gasteiger partial charge in [-0.05, 0) is 56.1 Å². The zero-order valence-electron chi connectivity index (χ0n) is 13.5. The summed E-state index contributed by atoms with van der Waals surface area (Å²) in [6, 6.07) is 6.12. The van der Waals surface area contributed by atoms with Crippen molar-refractivity contribution in [3.8, 4) is 11.5 Å². The van der Waals surface area contributed by atoms with E-state index in [-0.39, 0.29) is 0 Å². The molecule has 1 heterocycles. The normalized spacial score (nSPS) is 18.8. The van der Waals surface area contributed by atoms with E-state index in [1.54, 1.807) is 14.2 Å². The summed E-state index contributed by atoms with van der Waals surface area (Å²) < 4.78 is 10.7. The average Bonchev–Trinajstić information content (AvgIpc) is 2.54. The van der Waals surface area contributed by atoms with Crippen LogP contribution in [0.5, 0.6) is 11.5 Å². The van der Waals surface area contributed by atoms with Gasteiger partial charge < -0.3 is 14.8 Å². The highest BCUT2D eigenvalue weighted by molar-refractivity contribution is 5.38. The Morgan fingerprint density at radius 3 is 2.43 bits per heavy atom. The first-order valence-electron chi connectivity index (χ1n) is 7.90. The van der Waals surface area contributed by atoms with E-state index in [9.17, 15) is 0 Å². The molecule has 0 saturated carbocycles. The molecule has 21 heavy (non-hydrogen) atoms. The zero-order chi connectivity index (χ0) is 15.1. The Hall–Kier alpha value is -1.26. The van der Waals surface area contributed by atoms with E-state index in [1.165, 1.54) is 24.9 Å². The van der Waals surface area contributed by atoms with Crippen molar-refractivity contribution in [3.05, 3.63) is 23.8 Å². The number of rotatable bonds is 7. The van der Waals surface area contributed by atoms with E-state index in [0.29, 0.717) is 0 Å². The number of ether oxygens (including phenoxy) is 2. The van der Waals surface area contributed by atoms with Crippen LogP contribution >= 0.6 is 0 Å². The van der Waals surface area contributed by atoms with Gasteiger partial charge in [-0.2, -0.15) is 0 Å². The third kappa shape index (κ3) is 4.90. The van der Waals surface area contributed by atoms with Gasteiger partial charge in [0.1, 0.15) is 11.5 Å². The number of piperidine rings is 1. The number of hydrogen-bond acceptors (Lipinski definition) is 4. The van der Waals surface area contributed by atoms with Crippen LogP contribution in [0.25, 0.3) is 0 Å². The molecular weight excluding hydrogens is 264 g/mol. The summed E-state index contributed by atoms with van der Waals surface area (Å²) in [5, 5.41) is 3.50. The summed E-state index contributed by atoms with van der Waals surface area (Å²) in [4.78, 5) is 2.51. The van der Waals surface area contributed by atoms with Gasteiger partial charge in [-0.15, -0.1) is 0 Å². The van der Waals surface area contributed by atoms with Crippen molar-refractivity contribution in [2.24, 2.45) is 5.92 Å². The minimum absolute atomic E-state index is 0.770. The molecule has 2 rings (SSSR count). The number of nitrogens with one attached hydrogen (secondary N) is 1. The summed E-state index contributed by atoms with van der Waals surface area (Å²) in [6.45, 7) is 7.72. The van der Waals surface area contributed by atoms with Crippen LogP contribution in [0.2, 0.25) is 0 Å². The maximum Gasteiger partial charge on any atom is 0.122 e. The molecule has 1 aliphatic rings. The molecule has 0 bridgehead atoms. The monoisotopic (exact) mass is 292 g/mol. The molecule has 1 unspecified atom stereocenters. The molecular formula is C17H28N2O2. The molecule has 0 amide bonds. The quantitative estimate of drug-likeness (QED) is 0.837. The lowest BCUT2D eigenvalue weighted by Gasteiger charge is -2.29. The third-order valence-electron chi connectivity index (χ3n) is 4.18. The van der Waals surface area contributed by atoms with Gasteiger partial charge in [0.2, 0.25) is 0 Å². The molecule has 0 spiro atoms. The first kappa shape index (κ1) is 16.1. The fourth-order valence-electron chi connectivity index (χ4n) is 2.97. The minimum Gasteiger partial charge on any atom is -0.497 e. The molecule has 0 aliphatic carbocycles. The highest BCUT2D eigenvalue weighted by atomic mass is 16.5. The Kier molecular flexibility index (Phi) is 6.33. The second kappa shape index (κ2) is 8.25. The zero-order valence-corrected chi connectivity index (χ0v) is 13.5. The van der Waals surface area contributed by atoms with E-state index < -0.39 is 0 Å². The van der Waals surface area contributed by atoms with E-state index in [1.807, 2.05) is 6.07 Å². The highest BCUT2D eigenvalue weighted by Gasteiger charge is 2.16. The maximum absolute atomic E-state index is 5.35. The smallest absolute Gasteiger partial charge is 0.122 e. The van der Waals surface area contributed by atoms with Crippen molar-refractivity contribution >= 4 is 0 Å². The topological polar surface area (TPSA) is 33.7 Å². The average molecular weight is 292 g/mol. The standard InChI is InChI=1S/C17H28N2O2/c1-4-19(12-14-6-5-7-18-11-14)13-15-8-16(20-2)10-17(9-15)21-3/h8-10,14,18H,4-7,11-13H2,1-3H3. The van der Waals surface area contributed by atoms with Gasteiger partial charge in [0.25, 0.3) is 0 Å². The lowest BCUT2D eigenvalue weighted by atomic mass is 9.99. The molecule has 0 radical (unpaired) electrons. The molecule has 1 N–H and O–H groups in total. The van der Waals surface area contributed by atoms with Crippen molar-refractivity contribution in [1.82, 2.24) is 10.2 Å². The number of nitrogens with zero attached hydrogens (tertiary/aromatic N) is 1. The molecule has 1 aliphatic heterocycles. The fourth-order valence-corrected chi connectivity index (χ4v) is 2.97. The summed E-state index contributed by atoms with van der Waals surface area (Å²) in [5.41, 5.74) is 1.25. The Labute approximate surface area is 128 Å². The Bertz CT molecular complexity index is 409. The highest BCUT2D eigenvalue weighted by Crippen LogP contribution is 2.24. The van der Waals surface area contributed by atoms with Gasteiger partial charge in [-0.25, -0.2) is 0 Å². The van der Waals surface area contributed by atoms with Gasteiger partial charge in [-0.3, -0.25) is 4.90 Å². The lowest BCUT2D eigenvalue weighted by molar-refractivity contribution is 0.209. The second-order valence-electron chi connectivity index (χ2n) is 5.76. The second-order valence-corrected chi connectivity index (χ2v) is 5.76. The molecule has 1 saturated heterocycles. The van der Waals surface area contributed by atoms with Crippen LogP contribution in [0, 0.1) is 5.92 Å².